The molecule has 0 spiro atoms. The molecule has 328 valence electrons. The zero-order valence-corrected chi connectivity index (χ0v) is 40.7. The molecule has 0 bridgehead atoms. The number of aromatic amines is 1. The van der Waals surface area contributed by atoms with Gasteiger partial charge in [0, 0.05) is 84.6 Å². The van der Waals surface area contributed by atoms with Crippen molar-refractivity contribution < 1.29 is 0 Å². The molecule has 0 radical (unpaired) electrons. The highest BCUT2D eigenvalue weighted by molar-refractivity contribution is 9.11. The maximum atomic E-state index is 3.65. The molecule has 0 saturated heterocycles. The molecule has 14 rings (SSSR count). The Morgan fingerprint density at radius 1 is 0.250 bits per heavy atom. The molecule has 10 aromatic carbocycles. The van der Waals surface area contributed by atoms with E-state index in [4.69, 9.17) is 0 Å². The van der Waals surface area contributed by atoms with E-state index in [1.165, 1.54) is 92.9 Å². The molecule has 7 heteroatoms. The summed E-state index contributed by atoms with van der Waals surface area (Å²) in [5.74, 6) is 0. The SMILES string of the molecule is Brc1ccc2[nH]c3ccccc3c2c1.Brc1ccc2c(c1)c1ccccc1n2-c1cccc(-n2c3ccccc3c3ccccc32)c1.Brc1cccc(-n2c3ccccc3c3ccccc32)c1.C. The Morgan fingerprint density at radius 3 is 1.07 bits per heavy atom. The van der Waals surface area contributed by atoms with Gasteiger partial charge in [-0.1, -0.05) is 177 Å². The van der Waals surface area contributed by atoms with Crippen LogP contribution in [0.4, 0.5) is 0 Å². The van der Waals surface area contributed by atoms with Crippen LogP contribution in [0.2, 0.25) is 0 Å². The molecule has 0 aliphatic carbocycles. The normalized spacial score (nSPS) is 11.3. The summed E-state index contributed by atoms with van der Waals surface area (Å²) in [5, 5.41) is 10.2. The summed E-state index contributed by atoms with van der Waals surface area (Å²) >= 11 is 10.7. The fourth-order valence-corrected chi connectivity index (χ4v) is 10.9. The molecular weight excluding hydrogens is 1030 g/mol. The van der Waals surface area contributed by atoms with E-state index in [1.54, 1.807) is 0 Å². The van der Waals surface area contributed by atoms with Gasteiger partial charge in [0.2, 0.25) is 0 Å². The van der Waals surface area contributed by atoms with E-state index in [9.17, 15) is 0 Å². The molecule has 14 aromatic rings. The Kier molecular flexibility index (Phi) is 11.6. The first kappa shape index (κ1) is 43.4. The molecule has 0 fully saturated rings. The molecule has 68 heavy (non-hydrogen) atoms. The number of fused-ring (bicyclic) bond motifs is 12. The van der Waals surface area contributed by atoms with Crippen LogP contribution in [0.3, 0.4) is 0 Å². The Balaban J connectivity index is 0.000000123. The first-order valence-corrected chi connectivity index (χ1v) is 24.5. The highest BCUT2D eigenvalue weighted by Gasteiger charge is 2.16. The van der Waals surface area contributed by atoms with Crippen molar-refractivity contribution >= 4 is 135 Å². The quantitative estimate of drug-likeness (QED) is 0.183. The lowest BCUT2D eigenvalue weighted by atomic mass is 10.2. The van der Waals surface area contributed by atoms with Gasteiger partial charge >= 0.3 is 0 Å². The Bertz CT molecular complexity index is 4060. The van der Waals surface area contributed by atoms with Crippen molar-refractivity contribution in [3.63, 3.8) is 0 Å². The van der Waals surface area contributed by atoms with Gasteiger partial charge < -0.3 is 18.7 Å². The lowest BCUT2D eigenvalue weighted by Crippen LogP contribution is -1.98. The van der Waals surface area contributed by atoms with Crippen LogP contribution < -0.4 is 0 Å². The van der Waals surface area contributed by atoms with E-state index in [0.717, 1.165) is 24.8 Å². The molecular formula is C61H43Br3N4. The largest absolute Gasteiger partial charge is 0.355 e. The number of para-hydroxylation sites is 6. The third-order valence-corrected chi connectivity index (χ3v) is 14.2. The molecule has 4 nitrogen and oxygen atoms in total. The van der Waals surface area contributed by atoms with Crippen molar-refractivity contribution in [3.8, 4) is 17.1 Å². The molecule has 4 aromatic heterocycles. The van der Waals surface area contributed by atoms with Crippen LogP contribution in [-0.4, -0.2) is 18.7 Å². The molecule has 0 aliphatic rings. The zero-order valence-electron chi connectivity index (χ0n) is 35.9. The number of benzene rings is 10. The van der Waals surface area contributed by atoms with Gasteiger partial charge in [-0.2, -0.15) is 0 Å². The van der Waals surface area contributed by atoms with Crippen LogP contribution in [0.25, 0.3) is 104 Å². The molecule has 0 atom stereocenters. The minimum Gasteiger partial charge on any atom is -0.355 e. The van der Waals surface area contributed by atoms with Gasteiger partial charge in [0.05, 0.1) is 33.1 Å². The van der Waals surface area contributed by atoms with Gasteiger partial charge in [-0.25, -0.2) is 0 Å². The summed E-state index contributed by atoms with van der Waals surface area (Å²) in [6, 6.07) is 81.5. The summed E-state index contributed by atoms with van der Waals surface area (Å²) in [7, 11) is 0. The van der Waals surface area contributed by atoms with Crippen LogP contribution in [0, 0.1) is 0 Å². The number of hydrogen-bond donors (Lipinski definition) is 1. The zero-order chi connectivity index (χ0) is 45.0. The number of halogens is 3. The Hall–Kier alpha value is -7.16. The van der Waals surface area contributed by atoms with Gasteiger partial charge in [-0.15, -0.1) is 0 Å². The topological polar surface area (TPSA) is 30.6 Å². The minimum atomic E-state index is 0. The van der Waals surface area contributed by atoms with Gasteiger partial charge in [0.1, 0.15) is 0 Å². The third-order valence-electron chi connectivity index (χ3n) is 12.7. The van der Waals surface area contributed by atoms with Crippen molar-refractivity contribution in [2.75, 3.05) is 0 Å². The average Bonchev–Trinajstić information content (AvgIpc) is 4.11. The second kappa shape index (κ2) is 18.1. The number of nitrogens with one attached hydrogen (secondary N) is 1. The monoisotopic (exact) mass is 1070 g/mol. The molecule has 0 amide bonds. The van der Waals surface area contributed by atoms with E-state index in [2.05, 4.69) is 291 Å². The standard InChI is InChI=1S/C30H19BrN2.C18H12BrN.C12H8BrN.CH4/c31-20-16-17-30-26(18-20)25-12-3-6-15-29(25)33(30)22-9-7-8-21(19-22)32-27-13-4-1-10-23(27)24-11-2-5-14-28(24)32;19-13-6-5-7-14(12-13)20-17-10-3-1-8-15(17)16-9-2-4-11-18(16)20;13-8-5-6-12-10(7-8)9-3-1-2-4-11(9)14-12;/h1-19H;1-12H;1-7,14H;1H4. The van der Waals surface area contributed by atoms with E-state index in [0.29, 0.717) is 0 Å². The second-order valence-corrected chi connectivity index (χ2v) is 19.4. The predicted molar refractivity (Wildman–Crippen MR) is 302 cm³/mol. The molecule has 0 unspecified atom stereocenters. The van der Waals surface area contributed by atoms with Crippen LogP contribution in [0.1, 0.15) is 7.43 Å². The molecule has 0 aliphatic heterocycles. The third kappa shape index (κ3) is 7.61. The van der Waals surface area contributed by atoms with Crippen molar-refractivity contribution in [1.82, 2.24) is 18.7 Å². The summed E-state index contributed by atoms with van der Waals surface area (Å²) in [6.45, 7) is 0. The summed E-state index contributed by atoms with van der Waals surface area (Å²) < 4.78 is 10.4. The lowest BCUT2D eigenvalue weighted by molar-refractivity contribution is 1.13. The summed E-state index contributed by atoms with van der Waals surface area (Å²) in [6.07, 6.45) is 0. The Morgan fingerprint density at radius 2 is 0.588 bits per heavy atom. The summed E-state index contributed by atoms with van der Waals surface area (Å²) in [5.41, 5.74) is 13.2. The number of rotatable bonds is 3. The highest BCUT2D eigenvalue weighted by atomic mass is 79.9. The highest BCUT2D eigenvalue weighted by Crippen LogP contribution is 2.37. The van der Waals surface area contributed by atoms with Crippen molar-refractivity contribution in [2.45, 2.75) is 7.43 Å². The first-order valence-electron chi connectivity index (χ1n) is 22.2. The second-order valence-electron chi connectivity index (χ2n) is 16.6. The van der Waals surface area contributed by atoms with Crippen molar-refractivity contribution in [3.05, 3.63) is 244 Å². The van der Waals surface area contributed by atoms with Crippen molar-refractivity contribution in [1.29, 1.82) is 0 Å². The Labute approximate surface area is 419 Å². The molecule has 4 heterocycles. The lowest BCUT2D eigenvalue weighted by Gasteiger charge is -2.12. The molecule has 0 saturated carbocycles. The van der Waals surface area contributed by atoms with Gasteiger partial charge in [-0.05, 0) is 109 Å². The van der Waals surface area contributed by atoms with Crippen LogP contribution in [0.15, 0.2) is 244 Å². The van der Waals surface area contributed by atoms with Gasteiger partial charge in [-0.3, -0.25) is 0 Å². The predicted octanol–water partition coefficient (Wildman–Crippen LogP) is 18.9. The fourth-order valence-electron chi connectivity index (χ4n) is 9.83. The summed E-state index contributed by atoms with van der Waals surface area (Å²) in [4.78, 5) is 3.38. The number of aromatic nitrogens is 4. The fraction of sp³-hybridized carbons (Fsp3) is 0.0164. The van der Waals surface area contributed by atoms with E-state index >= 15 is 0 Å². The van der Waals surface area contributed by atoms with Crippen molar-refractivity contribution in [2.24, 2.45) is 0 Å². The van der Waals surface area contributed by atoms with E-state index in [-0.39, 0.29) is 7.43 Å². The van der Waals surface area contributed by atoms with Gasteiger partial charge in [0.25, 0.3) is 0 Å². The van der Waals surface area contributed by atoms with Crippen LogP contribution in [0.5, 0.6) is 0 Å². The van der Waals surface area contributed by atoms with Gasteiger partial charge in [0.15, 0.2) is 0 Å². The maximum Gasteiger partial charge on any atom is 0.0541 e. The molecule has 1 N–H and O–H groups in total. The van der Waals surface area contributed by atoms with E-state index < -0.39 is 0 Å². The average molecular weight is 1070 g/mol. The maximum absolute atomic E-state index is 3.65. The number of hydrogen-bond acceptors (Lipinski definition) is 0. The minimum absolute atomic E-state index is 0. The van der Waals surface area contributed by atoms with Crippen LogP contribution in [-0.2, 0) is 0 Å². The number of H-pyrrole nitrogens is 1. The first-order chi connectivity index (χ1) is 33.0. The smallest absolute Gasteiger partial charge is 0.0541 e. The van der Waals surface area contributed by atoms with E-state index in [1.807, 2.05) is 6.07 Å². The van der Waals surface area contributed by atoms with Crippen LogP contribution >= 0.6 is 47.8 Å². The number of nitrogens with zero attached hydrogens (tertiary/aromatic N) is 3.